The van der Waals surface area contributed by atoms with Crippen LogP contribution in [0.3, 0.4) is 0 Å². The molecule has 32 heavy (non-hydrogen) atoms. The molecule has 2 aromatic heterocycles. The van der Waals surface area contributed by atoms with Crippen molar-refractivity contribution >= 4 is 28.4 Å². The third-order valence-electron chi connectivity index (χ3n) is 4.81. The van der Waals surface area contributed by atoms with E-state index in [0.29, 0.717) is 28.7 Å². The van der Waals surface area contributed by atoms with E-state index in [0.717, 1.165) is 6.42 Å². The van der Waals surface area contributed by atoms with Gasteiger partial charge in [0.25, 0.3) is 0 Å². The van der Waals surface area contributed by atoms with Gasteiger partial charge in [-0.05, 0) is 24.1 Å². The minimum absolute atomic E-state index is 0.0275. The first-order chi connectivity index (χ1) is 15.4. The molecule has 2 heterocycles. The molecule has 0 spiro atoms. The zero-order valence-corrected chi connectivity index (χ0v) is 17.3. The van der Waals surface area contributed by atoms with Crippen LogP contribution < -0.4 is 10.6 Å². The fraction of sp³-hybridized carbons (Fsp3) is 0.273. The summed E-state index contributed by atoms with van der Waals surface area (Å²) in [5.41, 5.74) is 1.44. The van der Waals surface area contributed by atoms with Gasteiger partial charge in [0.05, 0.1) is 18.5 Å². The molecule has 0 aliphatic heterocycles. The Morgan fingerprint density at radius 2 is 1.81 bits per heavy atom. The van der Waals surface area contributed by atoms with Crippen molar-refractivity contribution in [1.29, 1.82) is 0 Å². The number of carbonyl (C=O) groups is 1. The van der Waals surface area contributed by atoms with Crippen molar-refractivity contribution in [1.82, 2.24) is 24.9 Å². The predicted octanol–water partition coefficient (Wildman–Crippen LogP) is 3.99. The van der Waals surface area contributed by atoms with Gasteiger partial charge in [0.1, 0.15) is 0 Å². The maximum Gasteiger partial charge on any atom is 0.393 e. The van der Waals surface area contributed by atoms with Gasteiger partial charge in [0.15, 0.2) is 11.5 Å². The van der Waals surface area contributed by atoms with E-state index in [1.165, 1.54) is 10.6 Å². The summed E-state index contributed by atoms with van der Waals surface area (Å²) < 4.78 is 40.6. The van der Waals surface area contributed by atoms with Crippen molar-refractivity contribution < 1.29 is 18.0 Å². The van der Waals surface area contributed by atoms with Gasteiger partial charge < -0.3 is 10.6 Å². The normalized spacial score (nSPS) is 11.8. The van der Waals surface area contributed by atoms with Crippen LogP contribution in [0.15, 0.2) is 48.5 Å². The first-order valence-electron chi connectivity index (χ1n) is 10.2. The Morgan fingerprint density at radius 3 is 2.59 bits per heavy atom. The Labute approximate surface area is 181 Å². The molecule has 0 aliphatic carbocycles. The average Bonchev–Trinajstić information content (AvgIpc) is 3.21. The number of rotatable bonds is 7. The third kappa shape index (κ3) is 4.63. The second-order valence-electron chi connectivity index (χ2n) is 7.28. The predicted molar refractivity (Wildman–Crippen MR) is 115 cm³/mol. The van der Waals surface area contributed by atoms with Crippen LogP contribution in [0.5, 0.6) is 0 Å². The van der Waals surface area contributed by atoms with E-state index >= 15 is 0 Å². The van der Waals surface area contributed by atoms with E-state index in [9.17, 15) is 18.0 Å². The number of fused-ring (bicyclic) bond motifs is 3. The van der Waals surface area contributed by atoms with E-state index < -0.39 is 12.6 Å². The van der Waals surface area contributed by atoms with E-state index in [-0.39, 0.29) is 29.8 Å². The number of hydrogen-bond donors (Lipinski definition) is 2. The van der Waals surface area contributed by atoms with Crippen LogP contribution in [-0.4, -0.2) is 44.8 Å². The molecule has 0 saturated carbocycles. The maximum absolute atomic E-state index is 13.1. The molecule has 2 N–H and O–H groups in total. The van der Waals surface area contributed by atoms with Crippen molar-refractivity contribution in [3.05, 3.63) is 54.1 Å². The molecule has 4 rings (SSSR count). The fourth-order valence-corrected chi connectivity index (χ4v) is 3.38. The van der Waals surface area contributed by atoms with Crippen molar-refractivity contribution in [2.24, 2.45) is 0 Å². The first kappa shape index (κ1) is 21.5. The van der Waals surface area contributed by atoms with Gasteiger partial charge in [0, 0.05) is 17.5 Å². The second kappa shape index (κ2) is 8.81. The quantitative estimate of drug-likeness (QED) is 0.452. The van der Waals surface area contributed by atoms with Gasteiger partial charge in [-0.3, -0.25) is 4.79 Å². The molecule has 2 aromatic carbocycles. The van der Waals surface area contributed by atoms with Crippen LogP contribution >= 0.6 is 0 Å². The number of amides is 1. The monoisotopic (exact) mass is 442 g/mol. The van der Waals surface area contributed by atoms with E-state index in [2.05, 4.69) is 25.7 Å². The summed E-state index contributed by atoms with van der Waals surface area (Å²) in [6.07, 6.45) is -4.63. The smallest absolute Gasteiger partial charge is 0.355 e. The van der Waals surface area contributed by atoms with Gasteiger partial charge >= 0.3 is 6.18 Å². The fourth-order valence-electron chi connectivity index (χ4n) is 3.38. The van der Waals surface area contributed by atoms with Gasteiger partial charge in [-0.2, -0.15) is 17.7 Å². The molecule has 166 valence electrons. The summed E-state index contributed by atoms with van der Waals surface area (Å²) in [7, 11) is 0. The highest BCUT2D eigenvalue weighted by Crippen LogP contribution is 2.30. The lowest BCUT2D eigenvalue weighted by Crippen LogP contribution is -2.31. The maximum atomic E-state index is 13.1. The largest absolute Gasteiger partial charge is 0.393 e. The number of benzene rings is 2. The number of anilines is 1. The topological polar surface area (TPSA) is 84.2 Å². The van der Waals surface area contributed by atoms with Gasteiger partial charge in [-0.15, -0.1) is 5.10 Å². The molecule has 4 aromatic rings. The van der Waals surface area contributed by atoms with Gasteiger partial charge in [0.2, 0.25) is 11.9 Å². The summed E-state index contributed by atoms with van der Waals surface area (Å²) in [6, 6.07) is 13.4. The highest BCUT2D eigenvalue weighted by Gasteiger charge is 2.29. The summed E-state index contributed by atoms with van der Waals surface area (Å²) in [5.74, 6) is 0.227. The van der Waals surface area contributed by atoms with E-state index in [1.54, 1.807) is 24.3 Å². The Kier molecular flexibility index (Phi) is 5.93. The highest BCUT2D eigenvalue weighted by atomic mass is 19.4. The van der Waals surface area contributed by atoms with Crippen LogP contribution in [0.2, 0.25) is 0 Å². The number of nitrogens with zero attached hydrogens (tertiary/aromatic N) is 4. The van der Waals surface area contributed by atoms with Crippen molar-refractivity contribution in [2.45, 2.75) is 25.9 Å². The SMILES string of the molecule is CCCNC(=O)CNc1nc2ccccc2c2nc(-c3ccccc3CC(F)(F)F)nn12. The molecule has 1 amide bonds. The average molecular weight is 442 g/mol. The van der Waals surface area contributed by atoms with Crippen molar-refractivity contribution in [3.8, 4) is 11.4 Å². The number of halogens is 3. The van der Waals surface area contributed by atoms with Crippen LogP contribution in [-0.2, 0) is 11.2 Å². The number of para-hydroxylation sites is 1. The molecule has 10 heteroatoms. The molecule has 0 radical (unpaired) electrons. The molecule has 0 bridgehead atoms. The second-order valence-corrected chi connectivity index (χ2v) is 7.28. The summed E-state index contributed by atoms with van der Waals surface area (Å²) >= 11 is 0. The van der Waals surface area contributed by atoms with E-state index in [1.807, 2.05) is 25.1 Å². The Hall–Kier alpha value is -3.69. The third-order valence-corrected chi connectivity index (χ3v) is 4.81. The molecule has 0 aliphatic rings. The molecule has 0 atom stereocenters. The zero-order valence-electron chi connectivity index (χ0n) is 17.3. The molecule has 0 unspecified atom stereocenters. The van der Waals surface area contributed by atoms with E-state index in [4.69, 9.17) is 0 Å². The van der Waals surface area contributed by atoms with Crippen LogP contribution in [0.25, 0.3) is 27.9 Å². The zero-order chi connectivity index (χ0) is 22.7. The Bertz CT molecular complexity index is 1270. The summed E-state index contributed by atoms with van der Waals surface area (Å²) in [6.45, 7) is 2.49. The van der Waals surface area contributed by atoms with Crippen LogP contribution in [0.4, 0.5) is 19.1 Å². The number of nitrogens with one attached hydrogen (secondary N) is 2. The molecule has 7 nitrogen and oxygen atoms in total. The summed E-state index contributed by atoms with van der Waals surface area (Å²) in [4.78, 5) is 21.1. The molecule has 0 fully saturated rings. The molecular formula is C22H21F3N6O. The Morgan fingerprint density at radius 1 is 1.06 bits per heavy atom. The summed E-state index contributed by atoms with van der Waals surface area (Å²) in [5, 5.41) is 10.9. The van der Waals surface area contributed by atoms with Gasteiger partial charge in [-0.25, -0.2) is 9.97 Å². The van der Waals surface area contributed by atoms with Crippen LogP contribution in [0, 0.1) is 0 Å². The molecular weight excluding hydrogens is 421 g/mol. The highest BCUT2D eigenvalue weighted by molar-refractivity contribution is 5.93. The lowest BCUT2D eigenvalue weighted by molar-refractivity contribution is -0.127. The number of aromatic nitrogens is 4. The van der Waals surface area contributed by atoms with Gasteiger partial charge in [-0.1, -0.05) is 43.3 Å². The number of carbonyl (C=O) groups excluding carboxylic acids is 1. The Balaban J connectivity index is 1.79. The molecule has 0 saturated heterocycles. The minimum Gasteiger partial charge on any atom is -0.355 e. The lowest BCUT2D eigenvalue weighted by Gasteiger charge is -2.09. The number of alkyl halides is 3. The first-order valence-corrected chi connectivity index (χ1v) is 10.2. The van der Waals surface area contributed by atoms with Crippen LogP contribution in [0.1, 0.15) is 18.9 Å². The van der Waals surface area contributed by atoms with Crippen molar-refractivity contribution in [3.63, 3.8) is 0 Å². The number of hydrogen-bond acceptors (Lipinski definition) is 5. The van der Waals surface area contributed by atoms with Crippen molar-refractivity contribution in [2.75, 3.05) is 18.4 Å². The standard InChI is InChI=1S/C22H21F3N6O/c1-2-11-26-18(32)13-27-21-28-17-10-6-5-9-16(17)20-29-19(30-31(20)21)15-8-4-3-7-14(15)12-22(23,24)25/h3-10H,2,11-13H2,1H3,(H,26,32)(H,27,28). The minimum atomic E-state index is -4.36. The lowest BCUT2D eigenvalue weighted by atomic mass is 10.0.